The number of hydrogen-bond donors (Lipinski definition) is 1. The summed E-state index contributed by atoms with van der Waals surface area (Å²) in [6.45, 7) is 1.27. The Kier molecular flexibility index (Phi) is 6.26. The van der Waals surface area contributed by atoms with E-state index >= 15 is 0 Å². The molecule has 0 spiro atoms. The molecule has 3 aromatic heterocycles. The van der Waals surface area contributed by atoms with Gasteiger partial charge in [0.1, 0.15) is 17.0 Å². The molecule has 1 amide bonds. The van der Waals surface area contributed by atoms with E-state index in [0.717, 1.165) is 22.7 Å². The monoisotopic (exact) mass is 488 g/mol. The number of halogens is 2. The van der Waals surface area contributed by atoms with Gasteiger partial charge in [-0.1, -0.05) is 23.1 Å². The SMILES string of the molecule is CN1CCC(CCC(=O)Nc2nc3cc(F)c(Sc4cnc5ncccn45)cc3s2)C(F)C1. The predicted octanol–water partition coefficient (Wildman–Crippen LogP) is 4.64. The highest BCUT2D eigenvalue weighted by atomic mass is 32.2. The van der Waals surface area contributed by atoms with Crippen molar-refractivity contribution in [1.29, 1.82) is 0 Å². The lowest BCUT2D eigenvalue weighted by molar-refractivity contribution is -0.116. The number of carbonyl (C=O) groups is 1. The smallest absolute Gasteiger partial charge is 0.234 e. The number of likely N-dealkylation sites (tertiary alicyclic amines) is 1. The average molecular weight is 489 g/mol. The van der Waals surface area contributed by atoms with Crippen molar-refractivity contribution in [3.63, 3.8) is 0 Å². The number of fused-ring (bicyclic) bond motifs is 2. The summed E-state index contributed by atoms with van der Waals surface area (Å²) in [6.07, 6.45) is 5.74. The predicted molar refractivity (Wildman–Crippen MR) is 125 cm³/mol. The fourth-order valence-electron chi connectivity index (χ4n) is 3.98. The summed E-state index contributed by atoms with van der Waals surface area (Å²) in [7, 11) is 1.91. The number of thiazole rings is 1. The molecule has 172 valence electrons. The first-order valence-corrected chi connectivity index (χ1v) is 12.3. The number of imidazole rings is 1. The van der Waals surface area contributed by atoms with Gasteiger partial charge < -0.3 is 10.2 Å². The standard InChI is InChI=1S/C22H22F2N6OS2/c1-29-8-5-13(15(24)12-29)3-4-19(31)28-22-27-16-9-14(23)17(10-18(16)33-22)32-20-11-26-21-25-6-2-7-30(20)21/h2,6-7,9-11,13,15H,3-5,8,12H2,1H3,(H,27,28,31). The van der Waals surface area contributed by atoms with Crippen LogP contribution in [0.2, 0.25) is 0 Å². The van der Waals surface area contributed by atoms with Crippen LogP contribution in [0.25, 0.3) is 16.0 Å². The summed E-state index contributed by atoms with van der Waals surface area (Å²) in [4.78, 5) is 27.6. The molecule has 1 N–H and O–H groups in total. The fraction of sp³-hybridized carbons (Fsp3) is 0.364. The zero-order chi connectivity index (χ0) is 22.9. The molecule has 2 unspecified atom stereocenters. The van der Waals surface area contributed by atoms with Crippen molar-refractivity contribution in [3.05, 3.63) is 42.6 Å². The molecule has 1 saturated heterocycles. The number of hydrogen-bond acceptors (Lipinski definition) is 7. The second-order valence-electron chi connectivity index (χ2n) is 8.17. The maximum Gasteiger partial charge on any atom is 0.234 e. The Hall–Kier alpha value is -2.63. The van der Waals surface area contributed by atoms with Gasteiger partial charge in [-0.25, -0.2) is 23.7 Å². The molecular weight excluding hydrogens is 466 g/mol. The highest BCUT2D eigenvalue weighted by Crippen LogP contribution is 2.36. The van der Waals surface area contributed by atoms with Crippen LogP contribution in [-0.4, -0.2) is 56.5 Å². The number of alkyl halides is 1. The minimum absolute atomic E-state index is 0.0918. The third-order valence-corrected chi connectivity index (χ3v) is 7.76. The molecular formula is C22H22F2N6OS2. The summed E-state index contributed by atoms with van der Waals surface area (Å²) < 4.78 is 31.5. The number of nitrogens with zero attached hydrogens (tertiary/aromatic N) is 5. The summed E-state index contributed by atoms with van der Waals surface area (Å²) in [5.41, 5.74) is 0.482. The van der Waals surface area contributed by atoms with Crippen LogP contribution in [-0.2, 0) is 4.79 Å². The maximum atomic E-state index is 14.7. The van der Waals surface area contributed by atoms with Crippen molar-refractivity contribution in [2.45, 2.75) is 35.4 Å². The largest absolute Gasteiger partial charge is 0.303 e. The summed E-state index contributed by atoms with van der Waals surface area (Å²) in [6, 6.07) is 4.89. The van der Waals surface area contributed by atoms with Gasteiger partial charge >= 0.3 is 0 Å². The maximum absolute atomic E-state index is 14.7. The van der Waals surface area contributed by atoms with Gasteiger partial charge in [-0.15, -0.1) is 0 Å². The third kappa shape index (κ3) is 4.85. The molecule has 0 aliphatic carbocycles. The molecule has 1 fully saturated rings. The molecule has 0 saturated carbocycles. The van der Waals surface area contributed by atoms with E-state index in [9.17, 15) is 13.6 Å². The van der Waals surface area contributed by atoms with Crippen LogP contribution in [0.3, 0.4) is 0 Å². The third-order valence-electron chi connectivity index (χ3n) is 5.78. The Morgan fingerprint density at radius 3 is 3.09 bits per heavy atom. The molecule has 7 nitrogen and oxygen atoms in total. The van der Waals surface area contributed by atoms with E-state index in [1.807, 2.05) is 18.1 Å². The topological polar surface area (TPSA) is 75.4 Å². The highest BCUT2D eigenvalue weighted by molar-refractivity contribution is 7.99. The van der Waals surface area contributed by atoms with Gasteiger partial charge in [0.15, 0.2) is 5.13 Å². The first kappa shape index (κ1) is 22.2. The van der Waals surface area contributed by atoms with E-state index in [0.29, 0.717) is 34.3 Å². The Balaban J connectivity index is 1.26. The first-order chi connectivity index (χ1) is 16.0. The number of rotatable bonds is 6. The number of carbonyl (C=O) groups excluding carboxylic acids is 1. The van der Waals surface area contributed by atoms with Crippen molar-refractivity contribution in [3.8, 4) is 0 Å². The number of amides is 1. The normalized spacial score (nSPS) is 19.4. The van der Waals surface area contributed by atoms with Gasteiger partial charge in [-0.2, -0.15) is 0 Å². The van der Waals surface area contributed by atoms with Crippen molar-refractivity contribution in [1.82, 2.24) is 24.3 Å². The van der Waals surface area contributed by atoms with Crippen LogP contribution in [0.4, 0.5) is 13.9 Å². The molecule has 1 aromatic carbocycles. The first-order valence-electron chi connectivity index (χ1n) is 10.6. The highest BCUT2D eigenvalue weighted by Gasteiger charge is 2.27. The van der Waals surface area contributed by atoms with Crippen molar-refractivity contribution in [2.24, 2.45) is 5.92 Å². The summed E-state index contributed by atoms with van der Waals surface area (Å²) >= 11 is 2.54. The van der Waals surface area contributed by atoms with E-state index in [4.69, 9.17) is 0 Å². The molecule has 5 rings (SSSR count). The lowest BCUT2D eigenvalue weighted by Gasteiger charge is -2.32. The summed E-state index contributed by atoms with van der Waals surface area (Å²) in [5.74, 6) is -0.145. The van der Waals surface area contributed by atoms with Gasteiger partial charge in [0.2, 0.25) is 11.7 Å². The second-order valence-corrected chi connectivity index (χ2v) is 10.3. The Morgan fingerprint density at radius 2 is 2.24 bits per heavy atom. The van der Waals surface area contributed by atoms with Crippen LogP contribution in [0.1, 0.15) is 19.3 Å². The average Bonchev–Trinajstić information content (AvgIpc) is 3.36. The van der Waals surface area contributed by atoms with E-state index in [1.165, 1.54) is 29.2 Å². The molecule has 2 atom stereocenters. The zero-order valence-electron chi connectivity index (χ0n) is 17.9. The van der Waals surface area contributed by atoms with Gasteiger partial charge in [0.05, 0.1) is 21.3 Å². The van der Waals surface area contributed by atoms with Crippen LogP contribution < -0.4 is 5.32 Å². The second kappa shape index (κ2) is 9.32. The molecule has 1 aliphatic rings. The number of benzene rings is 1. The number of nitrogens with one attached hydrogen (secondary N) is 1. The molecule has 0 radical (unpaired) electrons. The lowest BCUT2D eigenvalue weighted by Crippen LogP contribution is -2.39. The van der Waals surface area contributed by atoms with Crippen LogP contribution in [0.5, 0.6) is 0 Å². The minimum atomic E-state index is -0.901. The van der Waals surface area contributed by atoms with Crippen molar-refractivity contribution in [2.75, 3.05) is 25.5 Å². The van der Waals surface area contributed by atoms with E-state index in [-0.39, 0.29) is 18.2 Å². The lowest BCUT2D eigenvalue weighted by atomic mass is 9.90. The van der Waals surface area contributed by atoms with Gasteiger partial charge in [-0.05, 0) is 44.5 Å². The molecule has 1 aliphatic heterocycles. The van der Waals surface area contributed by atoms with Crippen LogP contribution in [0.15, 0.2) is 46.7 Å². The zero-order valence-corrected chi connectivity index (χ0v) is 19.5. The molecule has 4 heterocycles. The number of piperidine rings is 1. The summed E-state index contributed by atoms with van der Waals surface area (Å²) in [5, 5.41) is 3.94. The Labute approximate surface area is 197 Å². The fourth-order valence-corrected chi connectivity index (χ4v) is 5.87. The van der Waals surface area contributed by atoms with Crippen molar-refractivity contribution < 1.29 is 13.6 Å². The minimum Gasteiger partial charge on any atom is -0.303 e. The van der Waals surface area contributed by atoms with Gasteiger partial charge in [0, 0.05) is 31.4 Å². The molecule has 11 heteroatoms. The van der Waals surface area contributed by atoms with E-state index < -0.39 is 12.0 Å². The number of anilines is 1. The van der Waals surface area contributed by atoms with E-state index in [2.05, 4.69) is 20.3 Å². The molecule has 33 heavy (non-hydrogen) atoms. The van der Waals surface area contributed by atoms with Gasteiger partial charge in [0.25, 0.3) is 0 Å². The van der Waals surface area contributed by atoms with Crippen LogP contribution in [0, 0.1) is 11.7 Å². The van der Waals surface area contributed by atoms with E-state index in [1.54, 1.807) is 28.9 Å². The van der Waals surface area contributed by atoms with Gasteiger partial charge in [-0.3, -0.25) is 9.20 Å². The Bertz CT molecular complexity index is 1310. The molecule has 0 bridgehead atoms. The van der Waals surface area contributed by atoms with Crippen molar-refractivity contribution >= 4 is 50.1 Å². The van der Waals surface area contributed by atoms with Crippen LogP contribution >= 0.6 is 23.1 Å². The quantitative estimate of drug-likeness (QED) is 0.426. The Morgan fingerprint density at radius 1 is 1.36 bits per heavy atom. The molecule has 4 aromatic rings. The number of aromatic nitrogens is 4.